The second kappa shape index (κ2) is 8.64. The molecule has 0 aliphatic carbocycles. The number of nitrogens with one attached hydrogen (secondary N) is 1. The Morgan fingerprint density at radius 1 is 1.23 bits per heavy atom. The molecule has 8 heteroatoms. The van der Waals surface area contributed by atoms with Crippen LogP contribution in [0, 0.1) is 6.92 Å². The summed E-state index contributed by atoms with van der Waals surface area (Å²) in [5, 5.41) is 11.4. The van der Waals surface area contributed by atoms with E-state index < -0.39 is 21.9 Å². The number of piperidine rings is 1. The largest absolute Gasteiger partial charge is 0.481 e. The molecule has 1 amide bonds. The quantitative estimate of drug-likeness (QED) is 0.752. The van der Waals surface area contributed by atoms with Crippen LogP contribution in [0.1, 0.15) is 54.9 Å². The van der Waals surface area contributed by atoms with Crippen molar-refractivity contribution in [1.29, 1.82) is 0 Å². The number of carbonyl (C=O) groups is 2. The maximum atomic E-state index is 12.9. The van der Waals surface area contributed by atoms with Crippen molar-refractivity contribution in [1.82, 2.24) is 9.62 Å². The van der Waals surface area contributed by atoms with E-state index in [-0.39, 0.29) is 22.9 Å². The third kappa shape index (κ3) is 5.04. The van der Waals surface area contributed by atoms with Gasteiger partial charge in [0.25, 0.3) is 5.91 Å². The van der Waals surface area contributed by atoms with E-state index in [1.807, 2.05) is 0 Å². The van der Waals surface area contributed by atoms with Crippen LogP contribution in [-0.4, -0.2) is 48.8 Å². The molecule has 1 saturated heterocycles. The standard InChI is InChI=1S/C18H26N2O5S/c1-13-6-8-15(18(23)19-14(2)7-9-17(21)22)12-16(13)26(24,25)20-10-4-3-5-11-20/h6,8,12,14H,3-5,7,9-11H2,1-2H3,(H,19,23)(H,21,22). The number of aryl methyl sites for hydroxylation is 1. The van der Waals surface area contributed by atoms with E-state index in [4.69, 9.17) is 5.11 Å². The molecule has 2 N–H and O–H groups in total. The Labute approximate surface area is 154 Å². The van der Waals surface area contributed by atoms with Gasteiger partial charge in [-0.15, -0.1) is 0 Å². The predicted molar refractivity (Wildman–Crippen MR) is 97.6 cm³/mol. The molecular weight excluding hydrogens is 356 g/mol. The van der Waals surface area contributed by atoms with Crippen LogP contribution in [0.15, 0.2) is 23.1 Å². The van der Waals surface area contributed by atoms with E-state index in [2.05, 4.69) is 5.32 Å². The van der Waals surface area contributed by atoms with Gasteiger partial charge in [0.2, 0.25) is 10.0 Å². The van der Waals surface area contributed by atoms with E-state index in [1.165, 1.54) is 10.4 Å². The molecule has 144 valence electrons. The zero-order valence-electron chi connectivity index (χ0n) is 15.2. The van der Waals surface area contributed by atoms with Gasteiger partial charge in [-0.2, -0.15) is 4.31 Å². The highest BCUT2D eigenvalue weighted by Gasteiger charge is 2.28. The van der Waals surface area contributed by atoms with Gasteiger partial charge < -0.3 is 10.4 Å². The summed E-state index contributed by atoms with van der Waals surface area (Å²) in [7, 11) is -3.62. The van der Waals surface area contributed by atoms with E-state index in [0.29, 0.717) is 25.1 Å². The molecule has 1 aliphatic rings. The normalized spacial score (nSPS) is 16.8. The monoisotopic (exact) mass is 382 g/mol. The molecule has 0 bridgehead atoms. The van der Waals surface area contributed by atoms with Crippen LogP contribution in [-0.2, 0) is 14.8 Å². The molecule has 26 heavy (non-hydrogen) atoms. The fourth-order valence-electron chi connectivity index (χ4n) is 2.98. The lowest BCUT2D eigenvalue weighted by molar-refractivity contribution is -0.137. The third-order valence-corrected chi connectivity index (χ3v) is 6.59. The lowest BCUT2D eigenvalue weighted by atomic mass is 10.1. The van der Waals surface area contributed by atoms with Gasteiger partial charge in [0.15, 0.2) is 0 Å². The molecular formula is C18H26N2O5S. The molecule has 0 spiro atoms. The average molecular weight is 382 g/mol. The van der Waals surface area contributed by atoms with Crippen LogP contribution in [0.5, 0.6) is 0 Å². The summed E-state index contributed by atoms with van der Waals surface area (Å²) in [5.74, 6) is -1.32. The van der Waals surface area contributed by atoms with Gasteiger partial charge in [-0.1, -0.05) is 12.5 Å². The van der Waals surface area contributed by atoms with Crippen molar-refractivity contribution in [2.45, 2.75) is 56.9 Å². The van der Waals surface area contributed by atoms with Crippen LogP contribution >= 0.6 is 0 Å². The maximum Gasteiger partial charge on any atom is 0.303 e. The molecule has 1 aliphatic heterocycles. The first-order valence-corrected chi connectivity index (χ1v) is 10.3. The first-order chi connectivity index (χ1) is 12.2. The number of carboxylic acids is 1. The zero-order chi connectivity index (χ0) is 19.3. The number of sulfonamides is 1. The van der Waals surface area contributed by atoms with Crippen molar-refractivity contribution < 1.29 is 23.1 Å². The number of hydrogen-bond acceptors (Lipinski definition) is 4. The zero-order valence-corrected chi connectivity index (χ0v) is 16.0. The molecule has 1 atom stereocenters. The van der Waals surface area contributed by atoms with Crippen molar-refractivity contribution in [2.75, 3.05) is 13.1 Å². The highest BCUT2D eigenvalue weighted by atomic mass is 32.2. The number of carboxylic acid groups (broad SMARTS) is 1. The Morgan fingerprint density at radius 2 is 1.88 bits per heavy atom. The molecule has 0 radical (unpaired) electrons. The van der Waals surface area contributed by atoms with Crippen molar-refractivity contribution in [3.63, 3.8) is 0 Å². The van der Waals surface area contributed by atoms with Crippen LogP contribution in [0.4, 0.5) is 0 Å². The smallest absolute Gasteiger partial charge is 0.303 e. The highest BCUT2D eigenvalue weighted by Crippen LogP contribution is 2.24. The molecule has 0 aromatic heterocycles. The van der Waals surface area contributed by atoms with Crippen LogP contribution in [0.2, 0.25) is 0 Å². The minimum Gasteiger partial charge on any atom is -0.481 e. The summed E-state index contributed by atoms with van der Waals surface area (Å²) >= 11 is 0. The van der Waals surface area contributed by atoms with Crippen molar-refractivity contribution in [3.8, 4) is 0 Å². The number of benzene rings is 1. The minimum absolute atomic E-state index is 0.0378. The topological polar surface area (TPSA) is 104 Å². The van der Waals surface area contributed by atoms with E-state index in [9.17, 15) is 18.0 Å². The highest BCUT2D eigenvalue weighted by molar-refractivity contribution is 7.89. The summed E-state index contributed by atoms with van der Waals surface area (Å²) in [6.45, 7) is 4.45. The van der Waals surface area contributed by atoms with Crippen LogP contribution in [0.3, 0.4) is 0 Å². The second-order valence-electron chi connectivity index (χ2n) is 6.75. The molecule has 1 fully saturated rings. The Morgan fingerprint density at radius 3 is 2.50 bits per heavy atom. The Balaban J connectivity index is 2.18. The van der Waals surface area contributed by atoms with Gasteiger partial charge in [-0.05, 0) is 50.8 Å². The molecule has 1 heterocycles. The Kier molecular flexibility index (Phi) is 6.77. The van der Waals surface area contributed by atoms with Crippen molar-refractivity contribution in [2.24, 2.45) is 0 Å². The van der Waals surface area contributed by atoms with Crippen molar-refractivity contribution >= 4 is 21.9 Å². The molecule has 2 rings (SSSR count). The van der Waals surface area contributed by atoms with E-state index in [1.54, 1.807) is 26.0 Å². The molecule has 1 unspecified atom stereocenters. The van der Waals surface area contributed by atoms with Gasteiger partial charge >= 0.3 is 5.97 Å². The maximum absolute atomic E-state index is 12.9. The number of aliphatic carboxylic acids is 1. The number of carbonyl (C=O) groups excluding carboxylic acids is 1. The van der Waals surface area contributed by atoms with Crippen LogP contribution < -0.4 is 5.32 Å². The third-order valence-electron chi connectivity index (χ3n) is 4.55. The second-order valence-corrected chi connectivity index (χ2v) is 8.66. The Bertz CT molecular complexity index is 770. The first kappa shape index (κ1) is 20.4. The summed E-state index contributed by atoms with van der Waals surface area (Å²) in [6, 6.07) is 4.32. The molecule has 1 aromatic carbocycles. The summed E-state index contributed by atoms with van der Waals surface area (Å²) in [5.41, 5.74) is 0.861. The first-order valence-electron chi connectivity index (χ1n) is 8.85. The number of rotatable bonds is 7. The minimum atomic E-state index is -3.62. The van der Waals surface area contributed by atoms with Gasteiger partial charge in [0, 0.05) is 31.1 Å². The fraction of sp³-hybridized carbons (Fsp3) is 0.556. The van der Waals surface area contributed by atoms with Gasteiger partial charge in [-0.25, -0.2) is 8.42 Å². The lowest BCUT2D eigenvalue weighted by Gasteiger charge is -2.26. The fourth-order valence-corrected chi connectivity index (χ4v) is 4.75. The average Bonchev–Trinajstić information content (AvgIpc) is 2.60. The molecule has 0 saturated carbocycles. The summed E-state index contributed by atoms with van der Waals surface area (Å²) < 4.78 is 27.3. The SMILES string of the molecule is Cc1ccc(C(=O)NC(C)CCC(=O)O)cc1S(=O)(=O)N1CCCCC1. The molecule has 7 nitrogen and oxygen atoms in total. The van der Waals surface area contributed by atoms with Gasteiger partial charge in [0.1, 0.15) is 0 Å². The van der Waals surface area contributed by atoms with E-state index >= 15 is 0 Å². The summed E-state index contributed by atoms with van der Waals surface area (Å²) in [4.78, 5) is 23.2. The van der Waals surface area contributed by atoms with Gasteiger partial charge in [0.05, 0.1) is 4.90 Å². The molecule has 1 aromatic rings. The Hall–Kier alpha value is -1.93. The van der Waals surface area contributed by atoms with Gasteiger partial charge in [-0.3, -0.25) is 9.59 Å². The predicted octanol–water partition coefficient (Wildman–Crippen LogP) is 2.15. The van der Waals surface area contributed by atoms with E-state index in [0.717, 1.165) is 19.3 Å². The summed E-state index contributed by atoms with van der Waals surface area (Å²) in [6.07, 6.45) is 3.00. The number of hydrogen-bond donors (Lipinski definition) is 2. The lowest BCUT2D eigenvalue weighted by Crippen LogP contribution is -2.36. The number of amides is 1. The van der Waals surface area contributed by atoms with Crippen LogP contribution in [0.25, 0.3) is 0 Å². The van der Waals surface area contributed by atoms with Crippen molar-refractivity contribution in [3.05, 3.63) is 29.3 Å². The number of nitrogens with zero attached hydrogens (tertiary/aromatic N) is 1.